The van der Waals surface area contributed by atoms with Crippen molar-refractivity contribution in [2.75, 3.05) is 0 Å². The molecule has 2 nitrogen and oxygen atoms in total. The molecule has 2 aromatic heterocycles. The van der Waals surface area contributed by atoms with Crippen LogP contribution >= 0.6 is 0 Å². The van der Waals surface area contributed by atoms with Crippen LogP contribution in [0.5, 0.6) is 0 Å². The van der Waals surface area contributed by atoms with Crippen molar-refractivity contribution in [3.05, 3.63) is 170 Å². The molecule has 0 saturated heterocycles. The van der Waals surface area contributed by atoms with E-state index >= 15 is 0 Å². The molecule has 0 unspecified atom stereocenters. The van der Waals surface area contributed by atoms with Crippen molar-refractivity contribution in [2.24, 2.45) is 0 Å². The van der Waals surface area contributed by atoms with E-state index in [-0.39, 0.29) is 0 Å². The molecule has 0 bridgehead atoms. The summed E-state index contributed by atoms with van der Waals surface area (Å²) in [6.07, 6.45) is 0. The molecule has 10 aromatic rings. The highest BCUT2D eigenvalue weighted by Crippen LogP contribution is 2.47. The highest BCUT2D eigenvalue weighted by Gasteiger charge is 2.23. The van der Waals surface area contributed by atoms with Crippen molar-refractivity contribution in [1.29, 1.82) is 0 Å². The van der Waals surface area contributed by atoms with Crippen molar-refractivity contribution in [3.63, 3.8) is 0 Å². The van der Waals surface area contributed by atoms with Crippen LogP contribution in [0, 0.1) is 0 Å². The van der Waals surface area contributed by atoms with Gasteiger partial charge in [0.05, 0.1) is 5.39 Å². The normalized spacial score (nSPS) is 11.8. The molecule has 0 N–H and O–H groups in total. The maximum Gasteiger partial charge on any atom is 0.147 e. The first kappa shape index (κ1) is 26.8. The fourth-order valence-electron chi connectivity index (χ4n) is 7.59. The van der Waals surface area contributed by atoms with Crippen LogP contribution in [0.25, 0.3) is 99.2 Å². The SMILES string of the molecule is c1ccc(-c2c3ccccc3c(-c3ccc(-c4oc5ccc6c7ccccc7oc6c5c4-c4ccccc4)cc3)c3ccccc23)cc1. The predicted octanol–water partition coefficient (Wildman–Crippen LogP) is 13.3. The Kier molecular flexibility index (Phi) is 5.91. The van der Waals surface area contributed by atoms with Crippen molar-refractivity contribution < 1.29 is 8.83 Å². The molecule has 48 heavy (non-hydrogen) atoms. The molecule has 8 aromatic carbocycles. The molecule has 0 aliphatic heterocycles. The van der Waals surface area contributed by atoms with Gasteiger partial charge in [-0.05, 0) is 67.6 Å². The van der Waals surface area contributed by atoms with Crippen LogP contribution < -0.4 is 0 Å². The summed E-state index contributed by atoms with van der Waals surface area (Å²) in [6, 6.07) is 60.1. The van der Waals surface area contributed by atoms with Gasteiger partial charge in [-0.3, -0.25) is 0 Å². The van der Waals surface area contributed by atoms with E-state index in [0.29, 0.717) is 0 Å². The van der Waals surface area contributed by atoms with Crippen LogP contribution in [0.3, 0.4) is 0 Å². The van der Waals surface area contributed by atoms with E-state index in [4.69, 9.17) is 8.83 Å². The molecule has 0 aliphatic rings. The van der Waals surface area contributed by atoms with Crippen LogP contribution in [0.4, 0.5) is 0 Å². The van der Waals surface area contributed by atoms with E-state index in [1.807, 2.05) is 12.1 Å². The first-order valence-electron chi connectivity index (χ1n) is 16.4. The van der Waals surface area contributed by atoms with E-state index in [0.717, 1.165) is 55.4 Å². The number of hydrogen-bond donors (Lipinski definition) is 0. The molecule has 2 heterocycles. The van der Waals surface area contributed by atoms with Gasteiger partial charge < -0.3 is 8.83 Å². The molecular formula is C46H28O2. The molecular weight excluding hydrogens is 585 g/mol. The number of rotatable bonds is 4. The standard InChI is InChI=1S/C46H28O2/c1-3-13-29(14-4-1)41-34-18-7-9-20-36(34)42(37-21-10-8-19-35(37)41)31-23-25-32(26-24-31)45-43(30-15-5-2-6-16-30)44-40(48-45)28-27-38-33-17-11-12-22-39(33)47-46(38)44/h1-28H. The average molecular weight is 613 g/mol. The van der Waals surface area contributed by atoms with Crippen LogP contribution in [-0.2, 0) is 0 Å². The fraction of sp³-hybridized carbons (Fsp3) is 0. The largest absolute Gasteiger partial charge is 0.455 e. The van der Waals surface area contributed by atoms with E-state index in [2.05, 4.69) is 158 Å². The van der Waals surface area contributed by atoms with Gasteiger partial charge in [0.2, 0.25) is 0 Å². The number of fused-ring (bicyclic) bond motifs is 7. The summed E-state index contributed by atoms with van der Waals surface area (Å²) in [7, 11) is 0. The van der Waals surface area contributed by atoms with E-state index in [1.165, 1.54) is 43.8 Å². The van der Waals surface area contributed by atoms with E-state index < -0.39 is 0 Å². The Bertz CT molecular complexity index is 2750. The number of para-hydroxylation sites is 1. The van der Waals surface area contributed by atoms with Gasteiger partial charge in [-0.15, -0.1) is 0 Å². The van der Waals surface area contributed by atoms with Gasteiger partial charge in [0, 0.05) is 21.9 Å². The minimum atomic E-state index is 0.813. The zero-order chi connectivity index (χ0) is 31.6. The predicted molar refractivity (Wildman–Crippen MR) is 200 cm³/mol. The van der Waals surface area contributed by atoms with Crippen LogP contribution in [-0.4, -0.2) is 0 Å². The number of furan rings is 2. The molecule has 0 amide bonds. The molecule has 2 heteroatoms. The Morgan fingerprint density at radius 1 is 0.271 bits per heavy atom. The van der Waals surface area contributed by atoms with Crippen LogP contribution in [0.2, 0.25) is 0 Å². The second-order valence-corrected chi connectivity index (χ2v) is 12.4. The second-order valence-electron chi connectivity index (χ2n) is 12.4. The van der Waals surface area contributed by atoms with Gasteiger partial charge >= 0.3 is 0 Å². The summed E-state index contributed by atoms with van der Waals surface area (Å²) in [6.45, 7) is 0. The molecule has 0 atom stereocenters. The van der Waals surface area contributed by atoms with Gasteiger partial charge in [-0.2, -0.15) is 0 Å². The van der Waals surface area contributed by atoms with Gasteiger partial charge in [0.1, 0.15) is 22.5 Å². The molecule has 0 radical (unpaired) electrons. The van der Waals surface area contributed by atoms with Gasteiger partial charge in [-0.1, -0.05) is 152 Å². The Labute approximate surface area is 277 Å². The lowest BCUT2D eigenvalue weighted by atomic mass is 9.86. The van der Waals surface area contributed by atoms with Gasteiger partial charge in [0.25, 0.3) is 0 Å². The zero-order valence-electron chi connectivity index (χ0n) is 26.0. The van der Waals surface area contributed by atoms with Crippen LogP contribution in [0.15, 0.2) is 179 Å². The maximum absolute atomic E-state index is 6.73. The Morgan fingerprint density at radius 2 is 0.729 bits per heavy atom. The molecule has 224 valence electrons. The topological polar surface area (TPSA) is 26.3 Å². The van der Waals surface area contributed by atoms with E-state index in [1.54, 1.807) is 0 Å². The van der Waals surface area contributed by atoms with Crippen molar-refractivity contribution in [1.82, 2.24) is 0 Å². The van der Waals surface area contributed by atoms with Crippen molar-refractivity contribution >= 4 is 54.5 Å². The summed E-state index contributed by atoms with van der Waals surface area (Å²) in [5.41, 5.74) is 10.6. The lowest BCUT2D eigenvalue weighted by Crippen LogP contribution is -1.90. The first-order valence-corrected chi connectivity index (χ1v) is 16.4. The monoisotopic (exact) mass is 612 g/mol. The minimum absolute atomic E-state index is 0.813. The van der Waals surface area contributed by atoms with Crippen molar-refractivity contribution in [2.45, 2.75) is 0 Å². The maximum atomic E-state index is 6.73. The quantitative estimate of drug-likeness (QED) is 0.185. The molecule has 0 fully saturated rings. The zero-order valence-corrected chi connectivity index (χ0v) is 26.0. The third-order valence-corrected chi connectivity index (χ3v) is 9.69. The summed E-state index contributed by atoms with van der Waals surface area (Å²) in [5.74, 6) is 0.838. The summed E-state index contributed by atoms with van der Waals surface area (Å²) in [4.78, 5) is 0. The molecule has 0 spiro atoms. The average Bonchev–Trinajstić information content (AvgIpc) is 3.74. The number of benzene rings is 8. The van der Waals surface area contributed by atoms with Crippen molar-refractivity contribution in [3.8, 4) is 44.7 Å². The molecule has 0 saturated carbocycles. The fourth-order valence-corrected chi connectivity index (χ4v) is 7.59. The van der Waals surface area contributed by atoms with Gasteiger partial charge in [-0.25, -0.2) is 0 Å². The van der Waals surface area contributed by atoms with Crippen LogP contribution in [0.1, 0.15) is 0 Å². The van der Waals surface area contributed by atoms with Gasteiger partial charge in [0.15, 0.2) is 0 Å². The summed E-state index contributed by atoms with van der Waals surface area (Å²) < 4.78 is 13.3. The molecule has 0 aliphatic carbocycles. The Morgan fingerprint density at radius 3 is 1.31 bits per heavy atom. The summed E-state index contributed by atoms with van der Waals surface area (Å²) >= 11 is 0. The smallest absolute Gasteiger partial charge is 0.147 e. The Balaban J connectivity index is 1.20. The Hall–Kier alpha value is -6.38. The summed E-state index contributed by atoms with van der Waals surface area (Å²) in [5, 5.41) is 8.18. The minimum Gasteiger partial charge on any atom is -0.455 e. The lowest BCUT2D eigenvalue weighted by Gasteiger charge is -2.17. The van der Waals surface area contributed by atoms with E-state index in [9.17, 15) is 0 Å². The lowest BCUT2D eigenvalue weighted by molar-refractivity contribution is 0.631. The molecule has 10 rings (SSSR count). The highest BCUT2D eigenvalue weighted by atomic mass is 16.3. The third kappa shape index (κ3) is 4.00. The first-order chi connectivity index (χ1) is 23.8. The number of hydrogen-bond acceptors (Lipinski definition) is 2. The highest BCUT2D eigenvalue weighted by molar-refractivity contribution is 6.22. The third-order valence-electron chi connectivity index (χ3n) is 9.69. The second kappa shape index (κ2) is 10.6.